The molecule has 0 N–H and O–H groups in total. The van der Waals surface area contributed by atoms with Crippen molar-refractivity contribution in [2.45, 2.75) is 123 Å². The van der Waals surface area contributed by atoms with Crippen LogP contribution in [0.1, 0.15) is 117 Å². The number of esters is 2. The first-order chi connectivity index (χ1) is 16.0. The Morgan fingerprint density at radius 2 is 1.24 bits per heavy atom. The molecule has 5 heteroatoms. The van der Waals surface area contributed by atoms with Crippen molar-refractivity contribution in [3.05, 3.63) is 24.8 Å². The minimum atomic E-state index is -0.337. The molecule has 1 saturated heterocycles. The number of ether oxygens (including phenoxy) is 3. The van der Waals surface area contributed by atoms with Crippen LogP contribution in [0.5, 0.6) is 0 Å². The Morgan fingerprint density at radius 1 is 0.818 bits per heavy atom. The van der Waals surface area contributed by atoms with Crippen molar-refractivity contribution < 1.29 is 23.8 Å². The summed E-state index contributed by atoms with van der Waals surface area (Å²) in [6.45, 7) is 12.3. The van der Waals surface area contributed by atoms with E-state index in [-0.39, 0.29) is 18.0 Å². The largest absolute Gasteiger partial charge is 0.463 e. The second-order valence-corrected chi connectivity index (χ2v) is 9.01. The molecule has 1 atom stereocenters. The van der Waals surface area contributed by atoms with E-state index >= 15 is 0 Å². The Balaban J connectivity index is 0.000000843. The van der Waals surface area contributed by atoms with Gasteiger partial charge in [0, 0.05) is 11.6 Å². The second kappa shape index (κ2) is 23.5. The zero-order chi connectivity index (χ0) is 24.6. The number of carbonyl (C=O) groups excluding carboxylic acids is 2. The van der Waals surface area contributed by atoms with E-state index in [0.717, 1.165) is 6.42 Å². The molecule has 1 fully saturated rings. The van der Waals surface area contributed by atoms with Gasteiger partial charge < -0.3 is 14.2 Å². The lowest BCUT2D eigenvalue weighted by Gasteiger charge is -2.04. The molecule has 5 nitrogen and oxygen atoms in total. The number of rotatable bonds is 21. The molecule has 1 unspecified atom stereocenters. The summed E-state index contributed by atoms with van der Waals surface area (Å²) in [5, 5.41) is 0. The van der Waals surface area contributed by atoms with Gasteiger partial charge in [-0.25, -0.2) is 9.59 Å². The van der Waals surface area contributed by atoms with Gasteiger partial charge in [0.2, 0.25) is 0 Å². The van der Waals surface area contributed by atoms with Gasteiger partial charge in [-0.1, -0.05) is 116 Å². The summed E-state index contributed by atoms with van der Waals surface area (Å²) in [7, 11) is 0. The number of hydrogen-bond acceptors (Lipinski definition) is 5. The fourth-order valence-electron chi connectivity index (χ4n) is 3.34. The van der Waals surface area contributed by atoms with Crippen molar-refractivity contribution in [2.24, 2.45) is 0 Å². The van der Waals surface area contributed by atoms with Gasteiger partial charge in [0.25, 0.3) is 0 Å². The van der Waals surface area contributed by atoms with E-state index in [2.05, 4.69) is 20.1 Å². The van der Waals surface area contributed by atoms with E-state index in [1.807, 2.05) is 0 Å². The van der Waals surface area contributed by atoms with Crippen LogP contribution in [0.15, 0.2) is 24.8 Å². The molecular weight excluding hydrogens is 416 g/mol. The predicted molar refractivity (Wildman–Crippen MR) is 136 cm³/mol. The van der Waals surface area contributed by atoms with Crippen LogP contribution < -0.4 is 0 Å². The molecule has 0 spiro atoms. The van der Waals surface area contributed by atoms with Crippen LogP contribution >= 0.6 is 0 Å². The normalized spacial score (nSPS) is 14.1. The molecule has 192 valence electrons. The van der Waals surface area contributed by atoms with E-state index in [1.54, 1.807) is 6.92 Å². The molecule has 0 saturated carbocycles. The van der Waals surface area contributed by atoms with Crippen LogP contribution in [0.2, 0.25) is 0 Å². The molecule has 0 aliphatic carbocycles. The lowest BCUT2D eigenvalue weighted by Crippen LogP contribution is -2.09. The van der Waals surface area contributed by atoms with E-state index < -0.39 is 0 Å². The fourth-order valence-corrected chi connectivity index (χ4v) is 3.34. The number of hydrogen-bond donors (Lipinski definition) is 0. The lowest BCUT2D eigenvalue weighted by molar-refractivity contribution is -0.139. The summed E-state index contributed by atoms with van der Waals surface area (Å²) in [5.41, 5.74) is 0.431. The maximum absolute atomic E-state index is 10.8. The first-order valence-corrected chi connectivity index (χ1v) is 13.2. The first kappa shape index (κ1) is 31.4. The van der Waals surface area contributed by atoms with Crippen molar-refractivity contribution in [1.29, 1.82) is 0 Å². The Labute approximate surface area is 203 Å². The lowest BCUT2D eigenvalue weighted by atomic mass is 10.0. The molecule has 1 aliphatic heterocycles. The van der Waals surface area contributed by atoms with Gasteiger partial charge in [0.05, 0.1) is 13.2 Å². The van der Waals surface area contributed by atoms with Gasteiger partial charge >= 0.3 is 11.9 Å². The van der Waals surface area contributed by atoms with E-state index in [9.17, 15) is 9.59 Å². The van der Waals surface area contributed by atoms with Crippen molar-refractivity contribution in [3.63, 3.8) is 0 Å². The minimum Gasteiger partial charge on any atom is -0.463 e. The maximum Gasteiger partial charge on any atom is 0.333 e. The van der Waals surface area contributed by atoms with E-state index in [1.165, 1.54) is 102 Å². The molecule has 1 heterocycles. The van der Waals surface area contributed by atoms with Crippen LogP contribution in [-0.2, 0) is 23.8 Å². The SMILES string of the molecule is C=C(C)C(=O)OCC1CO1.C=CC(=O)OCCCCCCCCCCCCCCCCCC. The molecule has 0 aromatic carbocycles. The topological polar surface area (TPSA) is 65.1 Å². The molecule has 1 rings (SSSR count). The quantitative estimate of drug-likeness (QED) is 0.0759. The summed E-state index contributed by atoms with van der Waals surface area (Å²) in [6.07, 6.45) is 23.1. The van der Waals surface area contributed by atoms with Gasteiger partial charge in [-0.05, 0) is 13.3 Å². The summed E-state index contributed by atoms with van der Waals surface area (Å²) >= 11 is 0. The van der Waals surface area contributed by atoms with Crippen molar-refractivity contribution >= 4 is 11.9 Å². The number of carbonyl (C=O) groups is 2. The highest BCUT2D eigenvalue weighted by Gasteiger charge is 2.24. The zero-order valence-electron chi connectivity index (χ0n) is 21.5. The smallest absolute Gasteiger partial charge is 0.333 e. The van der Waals surface area contributed by atoms with Crippen molar-refractivity contribution in [2.75, 3.05) is 19.8 Å². The fraction of sp³-hybridized carbons (Fsp3) is 0.786. The first-order valence-electron chi connectivity index (χ1n) is 13.2. The summed E-state index contributed by atoms with van der Waals surface area (Å²) < 4.78 is 14.5. The molecule has 33 heavy (non-hydrogen) atoms. The molecular formula is C28H50O5. The Morgan fingerprint density at radius 3 is 1.61 bits per heavy atom. The highest BCUT2D eigenvalue weighted by molar-refractivity contribution is 5.86. The monoisotopic (exact) mass is 466 g/mol. The van der Waals surface area contributed by atoms with Gasteiger partial charge in [0.15, 0.2) is 0 Å². The van der Waals surface area contributed by atoms with Crippen LogP contribution in [0.3, 0.4) is 0 Å². The maximum atomic E-state index is 10.8. The molecule has 0 amide bonds. The Kier molecular flexibility index (Phi) is 22.4. The third-order valence-electron chi connectivity index (χ3n) is 5.56. The summed E-state index contributed by atoms with van der Waals surface area (Å²) in [5.74, 6) is -0.638. The average Bonchev–Trinajstić information content (AvgIpc) is 3.64. The summed E-state index contributed by atoms with van der Waals surface area (Å²) in [6, 6.07) is 0. The van der Waals surface area contributed by atoms with Crippen LogP contribution in [0, 0.1) is 0 Å². The Bertz CT molecular complexity index is 510. The standard InChI is InChI=1S/C21H40O2.C7H10O3/c1-3-5-6-7-8-9-10-11-12-13-14-15-16-17-18-19-20-23-21(22)4-2;1-5(2)7(8)10-4-6-3-9-6/h4H,2-3,5-20H2,1H3;6H,1,3-4H2,2H3. The third-order valence-corrected chi connectivity index (χ3v) is 5.56. The average molecular weight is 467 g/mol. The summed E-state index contributed by atoms with van der Waals surface area (Å²) in [4.78, 5) is 21.5. The predicted octanol–water partition coefficient (Wildman–Crippen LogP) is 7.48. The van der Waals surface area contributed by atoms with Crippen LogP contribution in [-0.4, -0.2) is 37.9 Å². The number of unbranched alkanes of at least 4 members (excludes halogenated alkanes) is 15. The zero-order valence-corrected chi connectivity index (χ0v) is 21.5. The van der Waals surface area contributed by atoms with Gasteiger partial charge in [0.1, 0.15) is 12.7 Å². The second-order valence-electron chi connectivity index (χ2n) is 9.01. The minimum absolute atomic E-state index is 0.142. The number of epoxide rings is 1. The molecule has 0 radical (unpaired) electrons. The van der Waals surface area contributed by atoms with Gasteiger partial charge in [-0.3, -0.25) is 0 Å². The molecule has 0 aromatic rings. The Hall–Kier alpha value is -1.62. The van der Waals surface area contributed by atoms with Crippen LogP contribution in [0.25, 0.3) is 0 Å². The van der Waals surface area contributed by atoms with E-state index in [0.29, 0.717) is 25.4 Å². The van der Waals surface area contributed by atoms with Crippen LogP contribution in [0.4, 0.5) is 0 Å². The molecule has 1 aliphatic rings. The highest BCUT2D eigenvalue weighted by atomic mass is 16.6. The van der Waals surface area contributed by atoms with Crippen molar-refractivity contribution in [3.8, 4) is 0 Å². The third kappa shape index (κ3) is 24.8. The van der Waals surface area contributed by atoms with Crippen molar-refractivity contribution in [1.82, 2.24) is 0 Å². The van der Waals surface area contributed by atoms with Gasteiger partial charge in [-0.15, -0.1) is 0 Å². The molecule has 0 bridgehead atoms. The van der Waals surface area contributed by atoms with E-state index in [4.69, 9.17) is 14.2 Å². The molecule has 0 aromatic heterocycles. The van der Waals surface area contributed by atoms with Gasteiger partial charge in [-0.2, -0.15) is 0 Å². The highest BCUT2D eigenvalue weighted by Crippen LogP contribution is 2.13.